The van der Waals surface area contributed by atoms with Crippen molar-refractivity contribution in [2.45, 2.75) is 0 Å². The molecule has 34 heavy (non-hydrogen) atoms. The minimum Gasteiger partial charge on any atom is -0.396 e. The number of halogens is 4. The Morgan fingerprint density at radius 2 is 1.09 bits per heavy atom. The maximum atomic E-state index is 15.1. The molecule has 0 amide bonds. The van der Waals surface area contributed by atoms with Crippen molar-refractivity contribution in [3.8, 4) is 0 Å². The van der Waals surface area contributed by atoms with E-state index in [1.54, 1.807) is 48.6 Å². The van der Waals surface area contributed by atoms with Gasteiger partial charge < -0.3 is 35.2 Å². The minimum absolute atomic E-state index is 0.420. The van der Waals surface area contributed by atoms with Gasteiger partial charge in [-0.1, -0.05) is 18.2 Å². The predicted molar refractivity (Wildman–Crippen MR) is 125 cm³/mol. The summed E-state index contributed by atoms with van der Waals surface area (Å²) in [6.45, 7) is -7.98. The number of allylic oxidation sites excluding steroid dienone is 4. The molecule has 7 rings (SSSR count). The number of hydrogen-bond donors (Lipinski definition) is 0. The van der Waals surface area contributed by atoms with Gasteiger partial charge in [-0.15, -0.1) is 0 Å². The summed E-state index contributed by atoms with van der Waals surface area (Å²) < 4.78 is 64.6. The van der Waals surface area contributed by atoms with E-state index in [1.807, 2.05) is 24.3 Å². The van der Waals surface area contributed by atoms with Gasteiger partial charge in [0.2, 0.25) is 0 Å². The summed E-state index contributed by atoms with van der Waals surface area (Å²) in [5, 5.41) is 0. The molecule has 10 heteroatoms. The molecule has 2 aromatic heterocycles. The van der Waals surface area contributed by atoms with Crippen molar-refractivity contribution >= 4 is 37.5 Å². The number of fused-ring (bicyclic) bond motifs is 4. The van der Waals surface area contributed by atoms with Crippen LogP contribution < -0.4 is 0 Å². The van der Waals surface area contributed by atoms with Gasteiger partial charge in [0.25, 0.3) is 0 Å². The molecule has 1 aromatic carbocycles. The van der Waals surface area contributed by atoms with Gasteiger partial charge in [-0.05, 0) is 53.9 Å². The van der Waals surface area contributed by atoms with Crippen molar-refractivity contribution in [2.75, 3.05) is 0 Å². The first-order valence-electron chi connectivity index (χ1n) is 11.0. The molecule has 0 aliphatic carbocycles. The van der Waals surface area contributed by atoms with Crippen LogP contribution in [0.15, 0.2) is 96.6 Å². The molecule has 0 saturated carbocycles. The van der Waals surface area contributed by atoms with Crippen molar-refractivity contribution in [1.82, 2.24) is 8.96 Å². The molecular weight excluding hydrogens is 442 g/mol. The van der Waals surface area contributed by atoms with E-state index < -0.39 is 13.9 Å². The fourth-order valence-corrected chi connectivity index (χ4v) is 5.46. The molecular formula is C24H16B2F4N4. The normalized spacial score (nSPS) is 20.7. The molecule has 0 spiro atoms. The number of hydrogen-bond acceptors (Lipinski definition) is 0. The van der Waals surface area contributed by atoms with Gasteiger partial charge >= 0.3 is 13.9 Å². The van der Waals surface area contributed by atoms with Crippen molar-refractivity contribution in [3.63, 3.8) is 0 Å². The summed E-state index contributed by atoms with van der Waals surface area (Å²) in [6, 6.07) is 14.0. The second-order valence-corrected chi connectivity index (χ2v) is 8.71. The number of rotatable bonds is 2. The Labute approximate surface area is 192 Å². The highest BCUT2D eigenvalue weighted by Gasteiger charge is 2.52. The quantitative estimate of drug-likeness (QED) is 0.395. The molecule has 0 fully saturated rings. The highest BCUT2D eigenvalue weighted by molar-refractivity contribution is 6.58. The maximum Gasteiger partial charge on any atom is 0.737 e. The summed E-state index contributed by atoms with van der Waals surface area (Å²) in [7, 11) is 0. The summed E-state index contributed by atoms with van der Waals surface area (Å²) >= 11 is 0. The van der Waals surface area contributed by atoms with Crippen LogP contribution in [0.5, 0.6) is 0 Å². The number of benzene rings is 1. The van der Waals surface area contributed by atoms with Crippen LogP contribution in [0.1, 0.15) is 22.5 Å². The molecule has 6 heterocycles. The Bertz CT molecular complexity index is 1500. The second-order valence-electron chi connectivity index (χ2n) is 8.71. The standard InChI is InChI=1S/C24H16B2F4N4/c27-25(28)31-12-2-8-19(31)23(20-9-3-13-32(20)25)17-6-1-7-18(16-17)24-21-10-4-14-33(21)26(29,30)34-15-5-11-22(24)34/h1-16H. The number of aromatic nitrogens is 2. The van der Waals surface area contributed by atoms with Gasteiger partial charge in [-0.25, -0.2) is 0 Å². The van der Waals surface area contributed by atoms with Crippen LogP contribution in [0.2, 0.25) is 0 Å². The van der Waals surface area contributed by atoms with E-state index in [0.717, 1.165) is 29.1 Å². The van der Waals surface area contributed by atoms with E-state index in [1.165, 1.54) is 24.8 Å². The Kier molecular flexibility index (Phi) is 3.59. The third kappa shape index (κ3) is 2.30. The minimum atomic E-state index is -3.99. The Morgan fingerprint density at radius 3 is 1.56 bits per heavy atom. The van der Waals surface area contributed by atoms with E-state index in [2.05, 4.69) is 0 Å². The SMILES string of the molecule is F[B-]1(F)n2cccc2C(c2cccc(C3=C4C=CC=[N+]4[B-](F)(F)n4cccc43)c2)=C2C=CC=[N+]21. The molecule has 4 aliphatic heterocycles. The summed E-state index contributed by atoms with van der Waals surface area (Å²) in [5.41, 5.74) is 4.48. The maximum absolute atomic E-state index is 15.1. The van der Waals surface area contributed by atoms with Crippen LogP contribution in [-0.4, -0.2) is 44.3 Å². The molecule has 0 saturated heterocycles. The van der Waals surface area contributed by atoms with Crippen molar-refractivity contribution in [2.24, 2.45) is 0 Å². The van der Waals surface area contributed by atoms with Crippen molar-refractivity contribution in [1.29, 1.82) is 0 Å². The van der Waals surface area contributed by atoms with Gasteiger partial charge in [0, 0.05) is 35.7 Å². The zero-order chi connectivity index (χ0) is 23.2. The number of nitrogens with zero attached hydrogens (tertiary/aromatic N) is 4. The first-order valence-corrected chi connectivity index (χ1v) is 11.0. The molecule has 0 N–H and O–H groups in total. The van der Waals surface area contributed by atoms with Gasteiger partial charge in [0.15, 0.2) is 11.4 Å². The Morgan fingerprint density at radius 1 is 0.618 bits per heavy atom. The van der Waals surface area contributed by atoms with E-state index in [-0.39, 0.29) is 0 Å². The molecule has 0 radical (unpaired) electrons. The molecule has 166 valence electrons. The van der Waals surface area contributed by atoms with Gasteiger partial charge in [-0.2, -0.15) is 0 Å². The average molecular weight is 458 g/mol. The van der Waals surface area contributed by atoms with Gasteiger partial charge in [0.1, 0.15) is 12.4 Å². The van der Waals surface area contributed by atoms with E-state index in [9.17, 15) is 0 Å². The van der Waals surface area contributed by atoms with E-state index in [0.29, 0.717) is 33.9 Å². The summed E-state index contributed by atoms with van der Waals surface area (Å²) in [5.74, 6) is 0. The van der Waals surface area contributed by atoms with Crippen molar-refractivity contribution in [3.05, 3.63) is 119 Å². The molecule has 0 atom stereocenters. The monoisotopic (exact) mass is 458 g/mol. The van der Waals surface area contributed by atoms with E-state index in [4.69, 9.17) is 0 Å². The fourth-order valence-electron chi connectivity index (χ4n) is 5.46. The lowest BCUT2D eigenvalue weighted by Gasteiger charge is -2.32. The highest BCUT2D eigenvalue weighted by Crippen LogP contribution is 2.42. The van der Waals surface area contributed by atoms with Crippen LogP contribution >= 0.6 is 0 Å². The largest absolute Gasteiger partial charge is 0.737 e. The molecule has 3 aromatic rings. The first-order chi connectivity index (χ1) is 16.4. The first kappa shape index (κ1) is 19.4. The summed E-state index contributed by atoms with van der Waals surface area (Å²) in [6.07, 6.45) is 12.2. The lowest BCUT2D eigenvalue weighted by molar-refractivity contribution is -0.356. The Balaban J connectivity index is 1.46. The fraction of sp³-hybridized carbons (Fsp3) is 0. The Hall–Kier alpha value is -4.07. The third-order valence-electron chi connectivity index (χ3n) is 6.92. The molecule has 4 nitrogen and oxygen atoms in total. The molecule has 0 bridgehead atoms. The van der Waals surface area contributed by atoms with Gasteiger partial charge in [-0.3, -0.25) is 0 Å². The molecule has 0 unspecified atom stereocenters. The highest BCUT2D eigenvalue weighted by atomic mass is 19.3. The topological polar surface area (TPSA) is 15.9 Å². The van der Waals surface area contributed by atoms with Crippen LogP contribution in [0.3, 0.4) is 0 Å². The van der Waals surface area contributed by atoms with E-state index >= 15 is 17.3 Å². The van der Waals surface area contributed by atoms with Crippen molar-refractivity contribution < 1.29 is 26.2 Å². The molecule has 4 aliphatic rings. The third-order valence-corrected chi connectivity index (χ3v) is 6.92. The lowest BCUT2D eigenvalue weighted by Crippen LogP contribution is -2.49. The predicted octanol–water partition coefficient (Wildman–Crippen LogP) is 4.59. The second kappa shape index (κ2) is 6.28. The summed E-state index contributed by atoms with van der Waals surface area (Å²) in [4.78, 5) is 0. The van der Waals surface area contributed by atoms with Crippen LogP contribution in [0.4, 0.5) is 17.3 Å². The van der Waals surface area contributed by atoms with Crippen LogP contribution in [-0.2, 0) is 0 Å². The lowest BCUT2D eigenvalue weighted by atomic mass is 9.84. The zero-order valence-electron chi connectivity index (χ0n) is 17.7. The van der Waals surface area contributed by atoms with Gasteiger partial charge in [0.05, 0.1) is 11.1 Å². The van der Waals surface area contributed by atoms with Crippen LogP contribution in [0, 0.1) is 0 Å². The van der Waals surface area contributed by atoms with Crippen LogP contribution in [0.25, 0.3) is 11.1 Å². The smallest absolute Gasteiger partial charge is 0.396 e. The average Bonchev–Trinajstić information content (AvgIpc) is 3.60. The zero-order valence-corrected chi connectivity index (χ0v) is 17.7.